The molecular formula is C38H46N8O5S. The number of ether oxygens (including phenoxy) is 1. The summed E-state index contributed by atoms with van der Waals surface area (Å²) in [6.45, 7) is 0.980. The molecular weight excluding hydrogens is 681 g/mol. The maximum Gasteiger partial charge on any atom is 0.262 e. The van der Waals surface area contributed by atoms with E-state index < -0.39 is 41.8 Å². The molecule has 52 heavy (non-hydrogen) atoms. The van der Waals surface area contributed by atoms with Crippen molar-refractivity contribution in [3.63, 3.8) is 0 Å². The van der Waals surface area contributed by atoms with Gasteiger partial charge in [0, 0.05) is 11.4 Å². The quantitative estimate of drug-likeness (QED) is 0.0406. The number of nitrogens with one attached hydrogen (secondary N) is 3. The third-order valence-corrected chi connectivity index (χ3v) is 9.20. The van der Waals surface area contributed by atoms with Crippen LogP contribution in [0.1, 0.15) is 58.9 Å². The second-order valence-electron chi connectivity index (χ2n) is 12.0. The van der Waals surface area contributed by atoms with E-state index in [4.69, 9.17) is 27.7 Å². The predicted octanol–water partition coefficient (Wildman–Crippen LogP) is 3.10. The van der Waals surface area contributed by atoms with Crippen LogP contribution >= 0.6 is 11.3 Å². The lowest BCUT2D eigenvalue weighted by atomic mass is 10.0. The van der Waals surface area contributed by atoms with E-state index in [-0.39, 0.29) is 25.3 Å². The van der Waals surface area contributed by atoms with Gasteiger partial charge in [-0.25, -0.2) is 0 Å². The van der Waals surface area contributed by atoms with Gasteiger partial charge in [-0.15, -0.1) is 11.3 Å². The fourth-order valence-corrected chi connectivity index (χ4v) is 6.23. The molecule has 0 unspecified atom stereocenters. The lowest BCUT2D eigenvalue weighted by molar-refractivity contribution is -0.132. The number of benzene rings is 3. The number of carbonyl (C=O) groups is 4. The summed E-state index contributed by atoms with van der Waals surface area (Å²) < 4.78 is 5.84. The molecule has 4 aromatic rings. The highest BCUT2D eigenvalue weighted by atomic mass is 32.1. The molecule has 0 bridgehead atoms. The maximum atomic E-state index is 13.8. The Morgan fingerprint density at radius 2 is 1.35 bits per heavy atom. The lowest BCUT2D eigenvalue weighted by Crippen LogP contribution is -2.54. The largest absolute Gasteiger partial charge is 0.489 e. The van der Waals surface area contributed by atoms with Gasteiger partial charge < -0.3 is 43.6 Å². The molecule has 11 N–H and O–H groups in total. The van der Waals surface area contributed by atoms with Crippen LogP contribution in [0.5, 0.6) is 5.75 Å². The van der Waals surface area contributed by atoms with E-state index in [1.807, 2.05) is 66.7 Å². The molecule has 13 nitrogen and oxygen atoms in total. The highest BCUT2D eigenvalue weighted by molar-refractivity contribution is 7.17. The fourth-order valence-electron chi connectivity index (χ4n) is 5.31. The molecule has 0 spiro atoms. The summed E-state index contributed by atoms with van der Waals surface area (Å²) in [5, 5.41) is 8.31. The molecule has 4 amide bonds. The number of aliphatic imine (C=N–C) groups is 1. The minimum Gasteiger partial charge on any atom is -0.489 e. The first-order chi connectivity index (χ1) is 25.1. The average Bonchev–Trinajstić information content (AvgIpc) is 3.65. The Hall–Kier alpha value is -5.73. The number of nitrogens with zero attached hydrogens (tertiary/aromatic N) is 1. The molecule has 0 aliphatic carbocycles. The normalized spacial score (nSPS) is 12.5. The third kappa shape index (κ3) is 12.2. The van der Waals surface area contributed by atoms with Crippen LogP contribution in [0.3, 0.4) is 0 Å². The number of hydrogen-bond donors (Lipinski definition) is 7. The Morgan fingerprint density at radius 3 is 2.00 bits per heavy atom. The molecule has 3 atom stereocenters. The van der Waals surface area contributed by atoms with Crippen LogP contribution in [-0.4, -0.2) is 54.8 Å². The third-order valence-electron chi connectivity index (χ3n) is 8.07. The molecule has 0 saturated heterocycles. The van der Waals surface area contributed by atoms with Gasteiger partial charge in [0.1, 0.15) is 30.5 Å². The zero-order chi connectivity index (χ0) is 37.3. The number of unbranched alkanes of at least 4 members (excludes halogenated alkanes) is 1. The standard InChI is InChI=1S/C38H46N8O5S/c39-22-8-7-14-29(36(49)46-33(34(40)47)27-16-18-28(19-17-27)51-24-25-10-3-1-4-11-25)44-35(48)30(15-9-23-43-38(41)42)45-37(50)32-21-20-31(52-32)26-12-5-2-6-13-26/h1-6,10-13,16-21,29-30,33H,7-9,14-15,22-24,39H2,(H2,40,47)(H,44,48)(H,45,50)(H,46,49)(H4,41,42,43)/t29-,30-,33+/m0/s1. The molecule has 0 radical (unpaired) electrons. The smallest absolute Gasteiger partial charge is 0.262 e. The van der Waals surface area contributed by atoms with Crippen molar-refractivity contribution < 1.29 is 23.9 Å². The van der Waals surface area contributed by atoms with Gasteiger partial charge in [0.25, 0.3) is 5.91 Å². The summed E-state index contributed by atoms with van der Waals surface area (Å²) in [6, 6.07) is 26.2. The number of hydrogen-bond acceptors (Lipinski definition) is 8. The number of guanidine groups is 1. The summed E-state index contributed by atoms with van der Waals surface area (Å²) in [7, 11) is 0. The summed E-state index contributed by atoms with van der Waals surface area (Å²) >= 11 is 1.30. The van der Waals surface area contributed by atoms with E-state index in [1.165, 1.54) is 11.3 Å². The van der Waals surface area contributed by atoms with Crippen LogP contribution in [0.2, 0.25) is 0 Å². The van der Waals surface area contributed by atoms with Crippen molar-refractivity contribution >= 4 is 40.9 Å². The van der Waals surface area contributed by atoms with E-state index in [0.29, 0.717) is 48.6 Å². The zero-order valence-electron chi connectivity index (χ0n) is 28.8. The summed E-state index contributed by atoms with van der Waals surface area (Å²) in [5.74, 6) is -1.94. The van der Waals surface area contributed by atoms with Crippen molar-refractivity contribution in [2.45, 2.75) is 56.8 Å². The Balaban J connectivity index is 1.46. The molecule has 0 aliphatic rings. The highest BCUT2D eigenvalue weighted by Crippen LogP contribution is 2.28. The molecule has 274 valence electrons. The molecule has 0 aliphatic heterocycles. The monoisotopic (exact) mass is 726 g/mol. The van der Waals surface area contributed by atoms with Gasteiger partial charge in [-0.2, -0.15) is 0 Å². The van der Waals surface area contributed by atoms with Gasteiger partial charge in [-0.05, 0) is 79.6 Å². The maximum absolute atomic E-state index is 13.8. The second-order valence-corrected chi connectivity index (χ2v) is 13.1. The van der Waals surface area contributed by atoms with Gasteiger partial charge >= 0.3 is 0 Å². The predicted molar refractivity (Wildman–Crippen MR) is 203 cm³/mol. The van der Waals surface area contributed by atoms with Crippen LogP contribution in [0, 0.1) is 0 Å². The lowest BCUT2D eigenvalue weighted by Gasteiger charge is -2.25. The van der Waals surface area contributed by atoms with Crippen molar-refractivity contribution in [1.29, 1.82) is 0 Å². The molecule has 1 aromatic heterocycles. The number of carbonyl (C=O) groups excluding carboxylic acids is 4. The van der Waals surface area contributed by atoms with Crippen molar-refractivity contribution in [1.82, 2.24) is 16.0 Å². The number of thiophene rings is 1. The number of nitrogens with two attached hydrogens (primary N) is 4. The van der Waals surface area contributed by atoms with E-state index in [1.54, 1.807) is 30.3 Å². The van der Waals surface area contributed by atoms with Crippen LogP contribution in [0.25, 0.3) is 10.4 Å². The second kappa shape index (κ2) is 20.2. The van der Waals surface area contributed by atoms with Gasteiger partial charge in [-0.3, -0.25) is 24.2 Å². The topological polar surface area (TPSA) is 230 Å². The first kappa shape index (κ1) is 39.1. The van der Waals surface area contributed by atoms with E-state index in [0.717, 1.165) is 16.0 Å². The van der Waals surface area contributed by atoms with E-state index >= 15 is 0 Å². The van der Waals surface area contributed by atoms with Gasteiger partial charge in [0.2, 0.25) is 17.7 Å². The van der Waals surface area contributed by atoms with E-state index in [9.17, 15) is 19.2 Å². The highest BCUT2D eigenvalue weighted by Gasteiger charge is 2.30. The van der Waals surface area contributed by atoms with Gasteiger partial charge in [0.05, 0.1) is 4.88 Å². The molecule has 14 heteroatoms. The summed E-state index contributed by atoms with van der Waals surface area (Å²) in [6.07, 6.45) is 1.90. The fraction of sp³-hybridized carbons (Fsp3) is 0.289. The van der Waals surface area contributed by atoms with Crippen LogP contribution in [0.4, 0.5) is 0 Å². The summed E-state index contributed by atoms with van der Waals surface area (Å²) in [5.41, 5.74) is 24.8. The molecule has 0 fully saturated rings. The van der Waals surface area contributed by atoms with Crippen molar-refractivity contribution in [2.75, 3.05) is 13.1 Å². The first-order valence-corrected chi connectivity index (χ1v) is 17.8. The van der Waals surface area contributed by atoms with Crippen LogP contribution in [0.15, 0.2) is 102 Å². The van der Waals surface area contributed by atoms with Crippen molar-refractivity contribution in [3.8, 4) is 16.2 Å². The minimum atomic E-state index is -1.18. The Labute approximate surface area is 307 Å². The molecule has 4 rings (SSSR count). The SMILES string of the molecule is NCCCC[C@H](NC(=O)[C@H](CCCN=C(N)N)NC(=O)c1ccc(-c2ccccc2)s1)C(=O)N[C@@H](C(N)=O)c1ccc(OCc2ccccc2)cc1. The average molecular weight is 727 g/mol. The Morgan fingerprint density at radius 1 is 0.712 bits per heavy atom. The first-order valence-electron chi connectivity index (χ1n) is 17.0. The van der Waals surface area contributed by atoms with Gasteiger partial charge in [0.15, 0.2) is 5.96 Å². The van der Waals surface area contributed by atoms with Crippen LogP contribution < -0.4 is 43.6 Å². The number of amides is 4. The summed E-state index contributed by atoms with van der Waals surface area (Å²) in [4.78, 5) is 58.8. The minimum absolute atomic E-state index is 0.0907. The van der Waals surface area contributed by atoms with Gasteiger partial charge in [-0.1, -0.05) is 72.8 Å². The Kier molecular flexibility index (Phi) is 15.2. The van der Waals surface area contributed by atoms with Crippen molar-refractivity contribution in [3.05, 3.63) is 113 Å². The zero-order valence-corrected chi connectivity index (χ0v) is 29.6. The molecule has 1 heterocycles. The number of primary amides is 1. The van der Waals surface area contributed by atoms with Crippen molar-refractivity contribution in [2.24, 2.45) is 27.9 Å². The van der Waals surface area contributed by atoms with Crippen LogP contribution in [-0.2, 0) is 21.0 Å². The molecule has 3 aromatic carbocycles. The Bertz CT molecular complexity index is 1780. The number of rotatable bonds is 20. The molecule has 0 saturated carbocycles. The van der Waals surface area contributed by atoms with E-state index in [2.05, 4.69) is 20.9 Å².